The van der Waals surface area contributed by atoms with E-state index in [9.17, 15) is 0 Å². The third kappa shape index (κ3) is 3.52. The van der Waals surface area contributed by atoms with E-state index < -0.39 is 0 Å². The summed E-state index contributed by atoms with van der Waals surface area (Å²) in [7, 11) is 0. The first kappa shape index (κ1) is 14.9. The molecule has 0 spiro atoms. The summed E-state index contributed by atoms with van der Waals surface area (Å²) in [5.74, 6) is 0.835. The Labute approximate surface area is 124 Å². The van der Waals surface area contributed by atoms with Crippen LogP contribution in [0.2, 0.25) is 5.02 Å². The number of aryl methyl sites for hydroxylation is 2. The van der Waals surface area contributed by atoms with Crippen molar-refractivity contribution in [3.8, 4) is 5.75 Å². The predicted octanol–water partition coefficient (Wildman–Crippen LogP) is 2.95. The van der Waals surface area contributed by atoms with Gasteiger partial charge in [0.1, 0.15) is 12.4 Å². The van der Waals surface area contributed by atoms with E-state index >= 15 is 0 Å². The molecule has 0 atom stereocenters. The van der Waals surface area contributed by atoms with Gasteiger partial charge in [0.15, 0.2) is 0 Å². The summed E-state index contributed by atoms with van der Waals surface area (Å²) in [5, 5.41) is 5.11. The van der Waals surface area contributed by atoms with Gasteiger partial charge >= 0.3 is 0 Å². The SMILES string of the molecule is CCn1nc(C)cc1COc1ccc(Cl)cc1CCN. The molecule has 0 amide bonds. The third-order valence-electron chi connectivity index (χ3n) is 3.10. The molecular formula is C15H20ClN3O. The second-order valence-corrected chi connectivity index (χ2v) is 5.11. The molecule has 2 N–H and O–H groups in total. The second kappa shape index (κ2) is 6.77. The van der Waals surface area contributed by atoms with Crippen LogP contribution in [-0.2, 0) is 19.6 Å². The lowest BCUT2D eigenvalue weighted by Crippen LogP contribution is -2.08. The Hall–Kier alpha value is -1.52. The van der Waals surface area contributed by atoms with E-state index in [-0.39, 0.29) is 0 Å². The van der Waals surface area contributed by atoms with E-state index in [4.69, 9.17) is 22.1 Å². The minimum Gasteiger partial charge on any atom is -0.487 e. The maximum absolute atomic E-state index is 6.01. The average Bonchev–Trinajstić information content (AvgIpc) is 2.78. The molecule has 108 valence electrons. The molecule has 2 rings (SSSR count). The quantitative estimate of drug-likeness (QED) is 0.891. The number of halogens is 1. The summed E-state index contributed by atoms with van der Waals surface area (Å²) >= 11 is 6.01. The Bertz CT molecular complexity index is 580. The Balaban J connectivity index is 2.13. The normalized spacial score (nSPS) is 10.8. The number of ether oxygens (including phenoxy) is 1. The highest BCUT2D eigenvalue weighted by Gasteiger charge is 2.08. The van der Waals surface area contributed by atoms with E-state index in [1.807, 2.05) is 35.9 Å². The van der Waals surface area contributed by atoms with Crippen molar-refractivity contribution in [2.75, 3.05) is 6.54 Å². The van der Waals surface area contributed by atoms with Gasteiger partial charge in [-0.2, -0.15) is 5.10 Å². The first-order chi connectivity index (χ1) is 9.63. The Morgan fingerprint density at radius 1 is 1.35 bits per heavy atom. The fourth-order valence-corrected chi connectivity index (χ4v) is 2.38. The van der Waals surface area contributed by atoms with Crippen LogP contribution in [0.5, 0.6) is 5.75 Å². The third-order valence-corrected chi connectivity index (χ3v) is 3.33. The van der Waals surface area contributed by atoms with E-state index in [2.05, 4.69) is 12.0 Å². The van der Waals surface area contributed by atoms with Crippen molar-refractivity contribution in [1.82, 2.24) is 9.78 Å². The second-order valence-electron chi connectivity index (χ2n) is 4.67. The van der Waals surface area contributed by atoms with E-state index in [0.29, 0.717) is 18.2 Å². The van der Waals surface area contributed by atoms with Crippen LogP contribution in [0.4, 0.5) is 0 Å². The number of nitrogens with zero attached hydrogens (tertiary/aromatic N) is 2. The van der Waals surface area contributed by atoms with Crippen LogP contribution in [0.25, 0.3) is 0 Å². The first-order valence-corrected chi connectivity index (χ1v) is 7.16. The summed E-state index contributed by atoms with van der Waals surface area (Å²) in [6, 6.07) is 7.68. The molecule has 1 aromatic carbocycles. The van der Waals surface area contributed by atoms with Gasteiger partial charge in [0.2, 0.25) is 0 Å². The number of aromatic nitrogens is 2. The molecule has 1 aromatic heterocycles. The van der Waals surface area contributed by atoms with Crippen LogP contribution in [0, 0.1) is 6.92 Å². The minimum absolute atomic E-state index is 0.494. The highest BCUT2D eigenvalue weighted by atomic mass is 35.5. The summed E-state index contributed by atoms with van der Waals surface area (Å²) in [6.07, 6.45) is 0.752. The molecule has 0 fully saturated rings. The molecular weight excluding hydrogens is 274 g/mol. The standard InChI is InChI=1S/C15H20ClN3O/c1-3-19-14(8-11(2)18-19)10-20-15-5-4-13(16)9-12(15)6-7-17/h4-5,8-9H,3,6-7,10,17H2,1-2H3. The van der Waals surface area contributed by atoms with Crippen LogP contribution < -0.4 is 10.5 Å². The number of hydrogen-bond donors (Lipinski definition) is 1. The average molecular weight is 294 g/mol. The molecule has 0 radical (unpaired) electrons. The summed E-state index contributed by atoms with van der Waals surface area (Å²) in [4.78, 5) is 0. The minimum atomic E-state index is 0.494. The molecule has 2 aromatic rings. The molecule has 0 aliphatic rings. The number of benzene rings is 1. The zero-order valence-corrected chi connectivity index (χ0v) is 12.7. The van der Waals surface area contributed by atoms with Gasteiger partial charge in [0, 0.05) is 11.6 Å². The van der Waals surface area contributed by atoms with Crippen LogP contribution >= 0.6 is 11.6 Å². The van der Waals surface area contributed by atoms with Crippen molar-refractivity contribution in [2.45, 2.75) is 33.4 Å². The van der Waals surface area contributed by atoms with Gasteiger partial charge in [-0.25, -0.2) is 0 Å². The van der Waals surface area contributed by atoms with E-state index in [1.165, 1.54) is 0 Å². The largest absolute Gasteiger partial charge is 0.487 e. The first-order valence-electron chi connectivity index (χ1n) is 6.78. The van der Waals surface area contributed by atoms with Crippen molar-refractivity contribution < 1.29 is 4.74 Å². The van der Waals surface area contributed by atoms with Crippen LogP contribution in [0.1, 0.15) is 23.9 Å². The smallest absolute Gasteiger partial charge is 0.130 e. The lowest BCUT2D eigenvalue weighted by atomic mass is 10.1. The molecule has 0 saturated carbocycles. The fourth-order valence-electron chi connectivity index (χ4n) is 2.18. The summed E-state index contributed by atoms with van der Waals surface area (Å²) < 4.78 is 7.86. The maximum Gasteiger partial charge on any atom is 0.130 e. The van der Waals surface area contributed by atoms with Crippen LogP contribution in [0.15, 0.2) is 24.3 Å². The molecule has 4 nitrogen and oxygen atoms in total. The lowest BCUT2D eigenvalue weighted by Gasteiger charge is -2.12. The van der Waals surface area contributed by atoms with E-state index in [1.54, 1.807) is 0 Å². The lowest BCUT2D eigenvalue weighted by molar-refractivity contribution is 0.289. The molecule has 1 heterocycles. The molecule has 0 bridgehead atoms. The number of rotatable bonds is 6. The monoisotopic (exact) mass is 293 g/mol. The zero-order valence-electron chi connectivity index (χ0n) is 11.9. The Kier molecular flexibility index (Phi) is 5.04. The predicted molar refractivity (Wildman–Crippen MR) is 81.2 cm³/mol. The van der Waals surface area contributed by atoms with Gasteiger partial charge in [0.25, 0.3) is 0 Å². The fraction of sp³-hybridized carbons (Fsp3) is 0.400. The number of nitrogens with two attached hydrogens (primary N) is 1. The molecule has 20 heavy (non-hydrogen) atoms. The summed E-state index contributed by atoms with van der Waals surface area (Å²) in [6.45, 7) is 5.95. The molecule has 0 aliphatic heterocycles. The van der Waals surface area contributed by atoms with Crippen molar-refractivity contribution >= 4 is 11.6 Å². The van der Waals surface area contributed by atoms with Gasteiger partial charge in [-0.15, -0.1) is 0 Å². The van der Waals surface area contributed by atoms with Gasteiger partial charge in [-0.05, 0) is 56.6 Å². The maximum atomic E-state index is 6.01. The van der Waals surface area contributed by atoms with Crippen molar-refractivity contribution in [2.24, 2.45) is 5.73 Å². The zero-order chi connectivity index (χ0) is 14.5. The van der Waals surface area contributed by atoms with Crippen molar-refractivity contribution in [3.63, 3.8) is 0 Å². The molecule has 0 aliphatic carbocycles. The van der Waals surface area contributed by atoms with E-state index in [0.717, 1.165) is 35.7 Å². The van der Waals surface area contributed by atoms with Gasteiger partial charge in [0.05, 0.1) is 11.4 Å². The van der Waals surface area contributed by atoms with Gasteiger partial charge in [-0.3, -0.25) is 4.68 Å². The molecule has 0 unspecified atom stereocenters. The summed E-state index contributed by atoms with van der Waals surface area (Å²) in [5.41, 5.74) is 8.74. The highest BCUT2D eigenvalue weighted by molar-refractivity contribution is 6.30. The Morgan fingerprint density at radius 2 is 2.15 bits per heavy atom. The van der Waals surface area contributed by atoms with Crippen LogP contribution in [-0.4, -0.2) is 16.3 Å². The highest BCUT2D eigenvalue weighted by Crippen LogP contribution is 2.24. The van der Waals surface area contributed by atoms with Crippen molar-refractivity contribution in [3.05, 3.63) is 46.2 Å². The van der Waals surface area contributed by atoms with Crippen molar-refractivity contribution in [1.29, 1.82) is 0 Å². The topological polar surface area (TPSA) is 53.1 Å². The number of hydrogen-bond acceptors (Lipinski definition) is 3. The van der Waals surface area contributed by atoms with Gasteiger partial charge < -0.3 is 10.5 Å². The molecule has 5 heteroatoms. The molecule has 0 saturated heterocycles. The van der Waals surface area contributed by atoms with Crippen LogP contribution in [0.3, 0.4) is 0 Å². The Morgan fingerprint density at radius 3 is 2.85 bits per heavy atom. The van der Waals surface area contributed by atoms with Gasteiger partial charge in [-0.1, -0.05) is 11.6 Å².